The zero-order valence-corrected chi connectivity index (χ0v) is 13.1. The minimum atomic E-state index is -0.561. The number of nitrogens with two attached hydrogens (primary N) is 1. The first-order valence-electron chi connectivity index (χ1n) is 7.26. The maximum absolute atomic E-state index is 12.5. The molecule has 0 saturated heterocycles. The van der Waals surface area contributed by atoms with Crippen LogP contribution in [-0.4, -0.2) is 42.6 Å². The number of likely N-dealkylation sites (N-methyl/N-ethyl adjacent to an activating group) is 1. The van der Waals surface area contributed by atoms with Gasteiger partial charge in [-0.05, 0) is 24.3 Å². The van der Waals surface area contributed by atoms with Gasteiger partial charge in [0.05, 0.1) is 11.6 Å². The van der Waals surface area contributed by atoms with E-state index in [1.165, 1.54) is 12.8 Å². The second kappa shape index (κ2) is 7.52. The van der Waals surface area contributed by atoms with E-state index in [9.17, 15) is 4.79 Å². The van der Waals surface area contributed by atoms with Gasteiger partial charge in [-0.15, -0.1) is 0 Å². The Kier molecular flexibility index (Phi) is 5.70. The summed E-state index contributed by atoms with van der Waals surface area (Å²) in [6.07, 6.45) is 2.54. The lowest BCUT2D eigenvalue weighted by molar-refractivity contribution is -0.130. The molecule has 2 rings (SSSR count). The Labute approximate surface area is 131 Å². The van der Waals surface area contributed by atoms with Crippen molar-refractivity contribution in [1.82, 2.24) is 4.90 Å². The predicted octanol–water partition coefficient (Wildman–Crippen LogP) is 1.94. The van der Waals surface area contributed by atoms with E-state index in [4.69, 9.17) is 22.7 Å². The van der Waals surface area contributed by atoms with Gasteiger partial charge in [-0.25, -0.2) is 0 Å². The highest BCUT2D eigenvalue weighted by atomic mass is 32.1. The van der Waals surface area contributed by atoms with Gasteiger partial charge in [0.15, 0.2) is 0 Å². The Morgan fingerprint density at radius 1 is 1.43 bits per heavy atom. The van der Waals surface area contributed by atoms with Gasteiger partial charge in [0.2, 0.25) is 5.91 Å². The minimum Gasteiger partial charge on any atom is -0.392 e. The zero-order valence-electron chi connectivity index (χ0n) is 12.3. The molecule has 2 N–H and O–H groups in total. The number of rotatable bonds is 8. The van der Waals surface area contributed by atoms with Crippen molar-refractivity contribution in [3.8, 4) is 0 Å². The van der Waals surface area contributed by atoms with Crippen LogP contribution in [0.25, 0.3) is 0 Å². The van der Waals surface area contributed by atoms with Crippen molar-refractivity contribution in [2.45, 2.75) is 18.8 Å². The first-order chi connectivity index (χ1) is 10.1. The molecular weight excluding hydrogens is 284 g/mol. The molecule has 1 unspecified atom stereocenters. The third kappa shape index (κ3) is 4.79. The van der Waals surface area contributed by atoms with Crippen LogP contribution >= 0.6 is 12.2 Å². The number of hydrogen-bond acceptors (Lipinski definition) is 3. The van der Waals surface area contributed by atoms with Crippen LogP contribution in [-0.2, 0) is 9.53 Å². The number of nitrogens with zero attached hydrogens (tertiary/aromatic N) is 1. The third-order valence-electron chi connectivity index (χ3n) is 3.66. The normalized spacial score (nSPS) is 15.5. The number of carbonyl (C=O) groups is 1. The Morgan fingerprint density at radius 2 is 2.10 bits per heavy atom. The largest absolute Gasteiger partial charge is 0.392 e. The summed E-state index contributed by atoms with van der Waals surface area (Å²) in [5.41, 5.74) is 6.60. The van der Waals surface area contributed by atoms with Gasteiger partial charge < -0.3 is 15.4 Å². The molecule has 1 amide bonds. The second-order valence-corrected chi connectivity index (χ2v) is 6.00. The van der Waals surface area contributed by atoms with Gasteiger partial charge in [0.1, 0.15) is 5.92 Å². The Bertz CT molecular complexity index is 488. The van der Waals surface area contributed by atoms with Gasteiger partial charge in [0, 0.05) is 20.2 Å². The van der Waals surface area contributed by atoms with E-state index in [1.54, 1.807) is 11.9 Å². The fraction of sp³-hybridized carbons (Fsp3) is 0.500. The molecule has 5 heteroatoms. The summed E-state index contributed by atoms with van der Waals surface area (Å²) in [7, 11) is 1.76. The summed E-state index contributed by atoms with van der Waals surface area (Å²) >= 11 is 5.07. The van der Waals surface area contributed by atoms with E-state index in [-0.39, 0.29) is 10.9 Å². The smallest absolute Gasteiger partial charge is 0.236 e. The third-order valence-corrected chi connectivity index (χ3v) is 3.90. The lowest BCUT2D eigenvalue weighted by atomic mass is 9.98. The van der Waals surface area contributed by atoms with Crippen molar-refractivity contribution in [2.24, 2.45) is 11.7 Å². The molecule has 0 radical (unpaired) electrons. The van der Waals surface area contributed by atoms with Crippen molar-refractivity contribution >= 4 is 23.1 Å². The minimum absolute atomic E-state index is 0.0799. The van der Waals surface area contributed by atoms with Crippen LogP contribution in [0.5, 0.6) is 0 Å². The summed E-state index contributed by atoms with van der Waals surface area (Å²) in [4.78, 5) is 14.4. The van der Waals surface area contributed by atoms with E-state index in [0.717, 1.165) is 18.1 Å². The van der Waals surface area contributed by atoms with Crippen LogP contribution in [0.15, 0.2) is 30.3 Å². The molecule has 1 saturated carbocycles. The summed E-state index contributed by atoms with van der Waals surface area (Å²) in [5.74, 6) is 0.0954. The summed E-state index contributed by atoms with van der Waals surface area (Å²) < 4.78 is 5.57. The highest BCUT2D eigenvalue weighted by molar-refractivity contribution is 7.80. The summed E-state index contributed by atoms with van der Waals surface area (Å²) in [6, 6.07) is 9.41. The predicted molar refractivity (Wildman–Crippen MR) is 87.1 cm³/mol. The van der Waals surface area contributed by atoms with Crippen molar-refractivity contribution in [1.29, 1.82) is 0 Å². The monoisotopic (exact) mass is 306 g/mol. The van der Waals surface area contributed by atoms with Gasteiger partial charge in [-0.2, -0.15) is 0 Å². The summed E-state index contributed by atoms with van der Waals surface area (Å²) in [6.45, 7) is 1.91. The molecular formula is C16H22N2O2S. The molecule has 0 spiro atoms. The maximum atomic E-state index is 12.5. The number of amides is 1. The van der Waals surface area contributed by atoms with Crippen LogP contribution in [0.4, 0.5) is 0 Å². The first kappa shape index (κ1) is 15.9. The standard InChI is InChI=1S/C16H22N2O2S/c1-18(9-10-20-11-12-7-8-12)16(19)14(15(17)21)13-5-3-2-4-6-13/h2-6,12,14H,7-11H2,1H3,(H2,17,21). The fourth-order valence-corrected chi connectivity index (χ4v) is 2.38. The molecule has 0 aromatic heterocycles. The highest BCUT2D eigenvalue weighted by Crippen LogP contribution is 2.28. The lowest BCUT2D eigenvalue weighted by Crippen LogP contribution is -2.39. The molecule has 21 heavy (non-hydrogen) atoms. The highest BCUT2D eigenvalue weighted by Gasteiger charge is 2.26. The maximum Gasteiger partial charge on any atom is 0.236 e. The van der Waals surface area contributed by atoms with Crippen molar-refractivity contribution in [3.63, 3.8) is 0 Å². The molecule has 1 fully saturated rings. The molecule has 1 aromatic carbocycles. The number of benzene rings is 1. The van der Waals surface area contributed by atoms with Crippen LogP contribution in [0.2, 0.25) is 0 Å². The first-order valence-corrected chi connectivity index (χ1v) is 7.67. The Morgan fingerprint density at radius 3 is 2.67 bits per heavy atom. The second-order valence-electron chi connectivity index (χ2n) is 5.52. The molecule has 1 atom stereocenters. The van der Waals surface area contributed by atoms with Crippen molar-refractivity contribution in [3.05, 3.63) is 35.9 Å². The van der Waals surface area contributed by atoms with E-state index in [2.05, 4.69) is 0 Å². The molecule has 1 aliphatic carbocycles. The number of hydrogen-bond donors (Lipinski definition) is 1. The van der Waals surface area contributed by atoms with E-state index in [0.29, 0.717) is 13.2 Å². The molecule has 114 valence electrons. The Balaban J connectivity index is 1.89. The van der Waals surface area contributed by atoms with E-state index in [1.807, 2.05) is 30.3 Å². The van der Waals surface area contributed by atoms with Gasteiger partial charge in [0.25, 0.3) is 0 Å². The average Bonchev–Trinajstić information content (AvgIpc) is 3.28. The molecule has 0 aliphatic heterocycles. The molecule has 1 aromatic rings. The van der Waals surface area contributed by atoms with Gasteiger partial charge >= 0.3 is 0 Å². The lowest BCUT2D eigenvalue weighted by Gasteiger charge is -2.23. The van der Waals surface area contributed by atoms with Crippen molar-refractivity contribution < 1.29 is 9.53 Å². The number of carbonyl (C=O) groups excluding carboxylic acids is 1. The zero-order chi connectivity index (χ0) is 15.2. The number of ether oxygens (including phenoxy) is 1. The van der Waals surface area contributed by atoms with Crippen LogP contribution in [0.1, 0.15) is 24.3 Å². The van der Waals surface area contributed by atoms with Crippen molar-refractivity contribution in [2.75, 3.05) is 26.8 Å². The van der Waals surface area contributed by atoms with E-state index >= 15 is 0 Å². The van der Waals surface area contributed by atoms with Crippen LogP contribution in [0, 0.1) is 5.92 Å². The van der Waals surface area contributed by atoms with E-state index < -0.39 is 5.92 Å². The van der Waals surface area contributed by atoms with Gasteiger partial charge in [-0.3, -0.25) is 4.79 Å². The van der Waals surface area contributed by atoms with Gasteiger partial charge in [-0.1, -0.05) is 42.5 Å². The average molecular weight is 306 g/mol. The number of thiocarbonyl (C=S) groups is 1. The molecule has 0 bridgehead atoms. The molecule has 4 nitrogen and oxygen atoms in total. The molecule has 0 heterocycles. The quantitative estimate of drug-likeness (QED) is 0.589. The summed E-state index contributed by atoms with van der Waals surface area (Å²) in [5, 5.41) is 0. The van der Waals surface area contributed by atoms with Crippen LogP contribution in [0.3, 0.4) is 0 Å². The topological polar surface area (TPSA) is 55.6 Å². The SMILES string of the molecule is CN(CCOCC1CC1)C(=O)C(C(N)=S)c1ccccc1. The fourth-order valence-electron chi connectivity index (χ4n) is 2.14. The molecule has 1 aliphatic rings. The van der Waals surface area contributed by atoms with Crippen LogP contribution < -0.4 is 5.73 Å². The Hall–Kier alpha value is -1.46.